The largest absolute Gasteiger partial charge is 0.310 e. The molecule has 48 heavy (non-hydrogen) atoms. The zero-order valence-electron chi connectivity index (χ0n) is 26.1. The van der Waals surface area contributed by atoms with Gasteiger partial charge in [-0.2, -0.15) is 10.5 Å². The molecular formula is C44H28N4. The smallest absolute Gasteiger partial charge is 0.0998 e. The number of hydrogen-bond donors (Lipinski definition) is 0. The second kappa shape index (κ2) is 11.0. The summed E-state index contributed by atoms with van der Waals surface area (Å²) in [6.45, 7) is 0. The van der Waals surface area contributed by atoms with Gasteiger partial charge in [0.25, 0.3) is 0 Å². The number of nitrogens with zero attached hydrogens (tertiary/aromatic N) is 4. The van der Waals surface area contributed by atoms with E-state index in [1.54, 1.807) is 0 Å². The third kappa shape index (κ3) is 4.14. The Morgan fingerprint density at radius 3 is 2.15 bits per heavy atom. The number of aryl methyl sites for hydroxylation is 1. The summed E-state index contributed by atoms with van der Waals surface area (Å²) in [5, 5.41) is 23.8. The van der Waals surface area contributed by atoms with Gasteiger partial charge in [0.2, 0.25) is 0 Å². The first kappa shape index (κ1) is 27.7. The van der Waals surface area contributed by atoms with Crippen LogP contribution in [0.4, 0.5) is 0 Å². The lowest BCUT2D eigenvalue weighted by Gasteiger charge is -2.19. The highest BCUT2D eigenvalue weighted by molar-refractivity contribution is 6.10. The molecule has 1 aliphatic rings. The molecule has 2 heterocycles. The first-order valence-corrected chi connectivity index (χ1v) is 16.2. The predicted octanol–water partition coefficient (Wildman–Crippen LogP) is 10.8. The van der Waals surface area contributed by atoms with E-state index in [9.17, 15) is 10.5 Å². The van der Waals surface area contributed by atoms with Gasteiger partial charge in [-0.05, 0) is 84.1 Å². The summed E-state index contributed by atoms with van der Waals surface area (Å²) in [6, 6.07) is 50.7. The van der Waals surface area contributed by atoms with Crippen molar-refractivity contribution in [2.24, 2.45) is 0 Å². The molecule has 0 radical (unpaired) electrons. The van der Waals surface area contributed by atoms with Gasteiger partial charge in [-0.3, -0.25) is 0 Å². The summed E-state index contributed by atoms with van der Waals surface area (Å²) in [7, 11) is 0. The molecule has 0 aliphatic heterocycles. The molecule has 6 aromatic carbocycles. The van der Waals surface area contributed by atoms with Crippen LogP contribution in [0.15, 0.2) is 140 Å². The van der Waals surface area contributed by atoms with Crippen molar-refractivity contribution in [3.05, 3.63) is 162 Å². The van der Waals surface area contributed by atoms with Crippen LogP contribution in [0.3, 0.4) is 0 Å². The molecule has 224 valence electrons. The Hall–Kier alpha value is -6.62. The van der Waals surface area contributed by atoms with Gasteiger partial charge in [0.15, 0.2) is 0 Å². The quantitative estimate of drug-likeness (QED) is 0.199. The predicted molar refractivity (Wildman–Crippen MR) is 195 cm³/mol. The van der Waals surface area contributed by atoms with Crippen LogP contribution in [-0.2, 0) is 6.42 Å². The molecule has 0 fully saturated rings. The van der Waals surface area contributed by atoms with E-state index < -0.39 is 0 Å². The first-order chi connectivity index (χ1) is 23.7. The standard InChI is InChI=1S/C44H28N4/c45-27-29-23-24-37-35-16-3-7-21-41(35)48(43(37)25-29)42-22-8-4-17-36(42)38-18-10-12-31(28-46)44(38)30-11-9-13-32(26-30)47-39-19-5-1-14-33(39)34-15-2-6-20-40(34)47/h1,3-14,16-26H,2,15H2. The maximum Gasteiger partial charge on any atom is 0.0998 e. The van der Waals surface area contributed by atoms with Crippen LogP contribution in [0.5, 0.6) is 0 Å². The molecule has 0 spiro atoms. The van der Waals surface area contributed by atoms with Crippen LogP contribution in [0.25, 0.3) is 72.4 Å². The SMILES string of the molecule is N#Cc1ccc2c3ccccc3n(-c3ccccc3-c3cccc(C#N)c3-c3cccc(-n4c5c(c6ccccc64)CCC=C5)c3)c2c1. The minimum atomic E-state index is 0.614. The van der Waals surface area contributed by atoms with Crippen molar-refractivity contribution in [1.82, 2.24) is 9.13 Å². The molecule has 0 atom stereocenters. The van der Waals surface area contributed by atoms with Crippen molar-refractivity contribution in [3.8, 4) is 45.8 Å². The fraction of sp³-hybridized carbons (Fsp3) is 0.0455. The highest BCUT2D eigenvalue weighted by atomic mass is 15.0. The van der Waals surface area contributed by atoms with Gasteiger partial charge in [0, 0.05) is 38.7 Å². The van der Waals surface area contributed by atoms with Crippen LogP contribution < -0.4 is 0 Å². The summed E-state index contributed by atoms with van der Waals surface area (Å²) in [5.74, 6) is 0. The molecule has 2 aromatic heterocycles. The number of aromatic nitrogens is 2. The van der Waals surface area contributed by atoms with Crippen molar-refractivity contribution in [1.29, 1.82) is 10.5 Å². The fourth-order valence-corrected chi connectivity index (χ4v) is 7.64. The van der Waals surface area contributed by atoms with E-state index in [4.69, 9.17) is 0 Å². The number of nitriles is 2. The van der Waals surface area contributed by atoms with Crippen molar-refractivity contribution in [3.63, 3.8) is 0 Å². The number of rotatable bonds is 4. The second-order valence-corrected chi connectivity index (χ2v) is 12.3. The fourth-order valence-electron chi connectivity index (χ4n) is 7.64. The van der Waals surface area contributed by atoms with Crippen LogP contribution in [-0.4, -0.2) is 9.13 Å². The Labute approximate surface area is 278 Å². The third-order valence-corrected chi connectivity index (χ3v) is 9.67. The van der Waals surface area contributed by atoms with Gasteiger partial charge in [-0.1, -0.05) is 91.0 Å². The molecular weight excluding hydrogens is 585 g/mol. The molecule has 0 amide bonds. The summed E-state index contributed by atoms with van der Waals surface area (Å²) >= 11 is 0. The highest BCUT2D eigenvalue weighted by Crippen LogP contribution is 2.42. The minimum absolute atomic E-state index is 0.614. The lowest BCUT2D eigenvalue weighted by molar-refractivity contribution is 0.968. The van der Waals surface area contributed by atoms with Crippen LogP contribution in [0.1, 0.15) is 28.8 Å². The number of fused-ring (bicyclic) bond motifs is 6. The van der Waals surface area contributed by atoms with E-state index in [1.807, 2.05) is 30.3 Å². The highest BCUT2D eigenvalue weighted by Gasteiger charge is 2.21. The average Bonchev–Trinajstić information content (AvgIpc) is 3.67. The summed E-state index contributed by atoms with van der Waals surface area (Å²) in [6.07, 6.45) is 6.58. The number of allylic oxidation sites excluding steroid dienone is 1. The Morgan fingerprint density at radius 1 is 0.562 bits per heavy atom. The van der Waals surface area contributed by atoms with E-state index >= 15 is 0 Å². The van der Waals surface area contributed by atoms with Gasteiger partial charge in [0.1, 0.15) is 0 Å². The van der Waals surface area contributed by atoms with Crippen molar-refractivity contribution in [2.75, 3.05) is 0 Å². The molecule has 8 aromatic rings. The molecule has 0 unspecified atom stereocenters. The first-order valence-electron chi connectivity index (χ1n) is 16.2. The van der Waals surface area contributed by atoms with E-state index in [0.29, 0.717) is 11.1 Å². The summed E-state index contributed by atoms with van der Waals surface area (Å²) in [4.78, 5) is 0. The number of para-hydroxylation sites is 3. The Balaban J connectivity index is 1.30. The van der Waals surface area contributed by atoms with Crippen LogP contribution in [0.2, 0.25) is 0 Å². The normalized spacial score (nSPS) is 12.3. The van der Waals surface area contributed by atoms with E-state index in [1.165, 1.54) is 22.2 Å². The minimum Gasteiger partial charge on any atom is -0.310 e. The molecule has 9 rings (SSSR count). The maximum atomic E-state index is 10.5. The van der Waals surface area contributed by atoms with Crippen molar-refractivity contribution < 1.29 is 0 Å². The molecule has 4 heteroatoms. The zero-order valence-corrected chi connectivity index (χ0v) is 26.1. The number of hydrogen-bond acceptors (Lipinski definition) is 2. The lowest BCUT2D eigenvalue weighted by Crippen LogP contribution is -2.01. The zero-order chi connectivity index (χ0) is 32.2. The van der Waals surface area contributed by atoms with E-state index in [0.717, 1.165) is 68.3 Å². The second-order valence-electron chi connectivity index (χ2n) is 12.3. The van der Waals surface area contributed by atoms with Gasteiger partial charge in [-0.25, -0.2) is 0 Å². The third-order valence-electron chi connectivity index (χ3n) is 9.67. The van der Waals surface area contributed by atoms with E-state index in [2.05, 4.69) is 137 Å². The molecule has 1 aliphatic carbocycles. The monoisotopic (exact) mass is 612 g/mol. The van der Waals surface area contributed by atoms with Crippen molar-refractivity contribution in [2.45, 2.75) is 12.8 Å². The van der Waals surface area contributed by atoms with Gasteiger partial charge in [-0.15, -0.1) is 0 Å². The number of benzene rings is 6. The topological polar surface area (TPSA) is 57.4 Å². The van der Waals surface area contributed by atoms with Gasteiger partial charge in [0.05, 0.1) is 45.5 Å². The lowest BCUT2D eigenvalue weighted by atomic mass is 9.89. The summed E-state index contributed by atoms with van der Waals surface area (Å²) in [5.41, 5.74) is 13.0. The van der Waals surface area contributed by atoms with Gasteiger partial charge >= 0.3 is 0 Å². The molecule has 0 saturated carbocycles. The molecule has 0 N–H and O–H groups in total. The van der Waals surface area contributed by atoms with Crippen LogP contribution >= 0.6 is 0 Å². The van der Waals surface area contributed by atoms with Gasteiger partial charge < -0.3 is 9.13 Å². The van der Waals surface area contributed by atoms with Crippen molar-refractivity contribution >= 4 is 38.8 Å². The maximum absolute atomic E-state index is 10.5. The molecule has 0 bridgehead atoms. The Kier molecular flexibility index (Phi) is 6.35. The van der Waals surface area contributed by atoms with E-state index in [-0.39, 0.29) is 0 Å². The van der Waals surface area contributed by atoms with Crippen LogP contribution in [0, 0.1) is 22.7 Å². The Morgan fingerprint density at radius 2 is 1.29 bits per heavy atom. The Bertz CT molecular complexity index is 2700. The molecule has 4 nitrogen and oxygen atoms in total. The average molecular weight is 613 g/mol. The summed E-state index contributed by atoms with van der Waals surface area (Å²) < 4.78 is 4.61. The molecule has 0 saturated heterocycles.